The van der Waals surface area contributed by atoms with E-state index in [1.807, 2.05) is 48.5 Å². The standard InChI is InChI=1S/C32H34ClN3O4/c1-40-31(39)26-13-24-23-4-2-3-5-25(23)34-28(24)29(36(26)27(37)17-33)21-6-8-22(9-7-21)30(38)35-32-14-18-10-19(15-32)12-20(11-18)16-32/h2-9,18-20,26,29,34H,10-17H2,1H3,(H,35,38). The molecule has 208 valence electrons. The molecule has 5 aliphatic rings. The van der Waals surface area contributed by atoms with Crippen molar-refractivity contribution in [3.8, 4) is 0 Å². The summed E-state index contributed by atoms with van der Waals surface area (Å²) in [6.07, 6.45) is 7.59. The number of fused-ring (bicyclic) bond motifs is 3. The second-order valence-corrected chi connectivity index (χ2v) is 12.7. The van der Waals surface area contributed by atoms with Crippen LogP contribution >= 0.6 is 11.6 Å². The molecule has 4 fully saturated rings. The van der Waals surface area contributed by atoms with E-state index in [-0.39, 0.29) is 23.2 Å². The van der Waals surface area contributed by atoms with Gasteiger partial charge in [-0.15, -0.1) is 11.6 Å². The number of carbonyl (C=O) groups excluding carboxylic acids is 3. The van der Waals surface area contributed by atoms with Crippen LogP contribution in [0, 0.1) is 17.8 Å². The molecule has 0 saturated heterocycles. The van der Waals surface area contributed by atoms with Gasteiger partial charge in [-0.25, -0.2) is 4.79 Å². The highest BCUT2D eigenvalue weighted by Gasteiger charge is 2.51. The summed E-state index contributed by atoms with van der Waals surface area (Å²) in [5.41, 5.74) is 4.11. The second kappa shape index (κ2) is 9.65. The SMILES string of the molecule is COC(=O)C1Cc2c([nH]c3ccccc23)C(c2ccc(C(=O)NC34CC5CC(CC(C5)C3)C4)cc2)N1C(=O)CCl. The first-order valence-electron chi connectivity index (χ1n) is 14.3. The van der Waals surface area contributed by atoms with Crippen LogP contribution in [0.5, 0.6) is 0 Å². The number of nitrogens with zero attached hydrogens (tertiary/aromatic N) is 1. The normalized spacial score (nSPS) is 30.2. The van der Waals surface area contributed by atoms with Crippen LogP contribution in [0.2, 0.25) is 0 Å². The minimum absolute atomic E-state index is 0.0374. The number of hydrogen-bond donors (Lipinski definition) is 2. The van der Waals surface area contributed by atoms with E-state index in [4.69, 9.17) is 16.3 Å². The number of aromatic nitrogens is 1. The lowest BCUT2D eigenvalue weighted by Crippen LogP contribution is -2.59. The molecule has 1 aromatic heterocycles. The number of methoxy groups -OCH3 is 1. The van der Waals surface area contributed by atoms with Crippen molar-refractivity contribution in [3.63, 3.8) is 0 Å². The predicted octanol–water partition coefficient (Wildman–Crippen LogP) is 5.12. The molecule has 4 bridgehead atoms. The Bertz CT molecular complexity index is 1460. The minimum Gasteiger partial charge on any atom is -0.467 e. The fourth-order valence-corrected chi connectivity index (χ4v) is 8.86. The molecule has 7 nitrogen and oxygen atoms in total. The van der Waals surface area contributed by atoms with E-state index in [0.717, 1.165) is 64.7 Å². The fourth-order valence-electron chi connectivity index (χ4n) is 8.73. The van der Waals surface area contributed by atoms with Crippen LogP contribution in [0.15, 0.2) is 48.5 Å². The number of nitrogens with one attached hydrogen (secondary N) is 2. The first kappa shape index (κ1) is 25.6. The molecule has 3 aromatic rings. The number of halogens is 1. The number of aromatic amines is 1. The van der Waals surface area contributed by atoms with Crippen LogP contribution in [-0.4, -0.2) is 52.2 Å². The summed E-state index contributed by atoms with van der Waals surface area (Å²) in [6, 6.07) is 14.0. The molecule has 2 N–H and O–H groups in total. The molecule has 2 aromatic carbocycles. The zero-order valence-electron chi connectivity index (χ0n) is 22.6. The highest BCUT2D eigenvalue weighted by molar-refractivity contribution is 6.27. The van der Waals surface area contributed by atoms with Gasteiger partial charge < -0.3 is 19.9 Å². The number of ether oxygens (including phenoxy) is 1. The van der Waals surface area contributed by atoms with Crippen LogP contribution in [0.25, 0.3) is 10.9 Å². The molecule has 4 aliphatic carbocycles. The monoisotopic (exact) mass is 559 g/mol. The fraction of sp³-hybridized carbons (Fsp3) is 0.469. The van der Waals surface area contributed by atoms with Gasteiger partial charge in [0.1, 0.15) is 11.9 Å². The quantitative estimate of drug-likeness (QED) is 0.335. The predicted molar refractivity (Wildman–Crippen MR) is 152 cm³/mol. The molecule has 1 aliphatic heterocycles. The van der Waals surface area contributed by atoms with E-state index in [1.54, 1.807) is 4.90 Å². The number of benzene rings is 2. The van der Waals surface area contributed by atoms with Crippen LogP contribution in [0.1, 0.15) is 71.7 Å². The number of para-hydroxylation sites is 1. The molecular formula is C32H34ClN3O4. The molecule has 0 radical (unpaired) electrons. The van der Waals surface area contributed by atoms with E-state index in [1.165, 1.54) is 26.4 Å². The Balaban J connectivity index is 1.23. The Morgan fingerprint density at radius 2 is 1.65 bits per heavy atom. The van der Waals surface area contributed by atoms with Gasteiger partial charge in [-0.1, -0.05) is 30.3 Å². The maximum absolute atomic E-state index is 13.5. The van der Waals surface area contributed by atoms with E-state index in [2.05, 4.69) is 10.3 Å². The summed E-state index contributed by atoms with van der Waals surface area (Å²) >= 11 is 6.07. The summed E-state index contributed by atoms with van der Waals surface area (Å²) in [5.74, 6) is 1.12. The number of H-pyrrole nitrogens is 1. The number of carbonyl (C=O) groups is 3. The Morgan fingerprint density at radius 1 is 1.00 bits per heavy atom. The van der Waals surface area contributed by atoms with Crippen molar-refractivity contribution < 1.29 is 19.1 Å². The number of esters is 1. The summed E-state index contributed by atoms with van der Waals surface area (Å²) in [4.78, 5) is 44.7. The molecular weight excluding hydrogens is 526 g/mol. The van der Waals surface area contributed by atoms with Crippen molar-refractivity contribution in [2.75, 3.05) is 13.0 Å². The number of hydrogen-bond acceptors (Lipinski definition) is 4. The second-order valence-electron chi connectivity index (χ2n) is 12.4. The van der Waals surface area contributed by atoms with E-state index >= 15 is 0 Å². The molecule has 4 saturated carbocycles. The van der Waals surface area contributed by atoms with Gasteiger partial charge in [-0.2, -0.15) is 0 Å². The topological polar surface area (TPSA) is 91.5 Å². The lowest BCUT2D eigenvalue weighted by Gasteiger charge is -2.56. The van der Waals surface area contributed by atoms with Crippen molar-refractivity contribution in [2.24, 2.45) is 17.8 Å². The molecule has 2 atom stereocenters. The highest BCUT2D eigenvalue weighted by Crippen LogP contribution is 2.55. The summed E-state index contributed by atoms with van der Waals surface area (Å²) < 4.78 is 5.13. The van der Waals surface area contributed by atoms with Gasteiger partial charge in [-0.05, 0) is 85.6 Å². The first-order valence-corrected chi connectivity index (χ1v) is 14.9. The van der Waals surface area contributed by atoms with Gasteiger partial charge in [0.15, 0.2) is 0 Å². The maximum Gasteiger partial charge on any atom is 0.328 e. The zero-order valence-corrected chi connectivity index (χ0v) is 23.4. The van der Waals surface area contributed by atoms with Crippen molar-refractivity contribution in [3.05, 3.63) is 70.9 Å². The number of rotatable bonds is 5. The third-order valence-electron chi connectivity index (χ3n) is 9.91. The van der Waals surface area contributed by atoms with Gasteiger partial charge >= 0.3 is 5.97 Å². The Kier molecular flexibility index (Phi) is 6.19. The van der Waals surface area contributed by atoms with Gasteiger partial charge in [-0.3, -0.25) is 9.59 Å². The van der Waals surface area contributed by atoms with Gasteiger partial charge in [0.2, 0.25) is 5.91 Å². The van der Waals surface area contributed by atoms with Gasteiger partial charge in [0, 0.05) is 34.1 Å². The lowest BCUT2D eigenvalue weighted by atomic mass is 9.53. The van der Waals surface area contributed by atoms with Gasteiger partial charge in [0.25, 0.3) is 5.91 Å². The van der Waals surface area contributed by atoms with E-state index in [0.29, 0.717) is 12.0 Å². The Labute approximate surface area is 238 Å². The largest absolute Gasteiger partial charge is 0.467 e. The average molecular weight is 560 g/mol. The van der Waals surface area contributed by atoms with Crippen molar-refractivity contribution >= 4 is 40.3 Å². The molecule has 0 spiro atoms. The summed E-state index contributed by atoms with van der Waals surface area (Å²) in [7, 11) is 1.34. The minimum atomic E-state index is -0.813. The molecule has 2 heterocycles. The van der Waals surface area contributed by atoms with Crippen LogP contribution in [-0.2, 0) is 20.7 Å². The third-order valence-corrected chi connectivity index (χ3v) is 10.1. The number of amides is 2. The first-order chi connectivity index (χ1) is 19.4. The smallest absolute Gasteiger partial charge is 0.328 e. The van der Waals surface area contributed by atoms with E-state index < -0.39 is 18.1 Å². The van der Waals surface area contributed by atoms with Crippen molar-refractivity contribution in [1.29, 1.82) is 0 Å². The van der Waals surface area contributed by atoms with E-state index in [9.17, 15) is 14.4 Å². The molecule has 8 heteroatoms. The van der Waals surface area contributed by atoms with Crippen LogP contribution in [0.3, 0.4) is 0 Å². The summed E-state index contributed by atoms with van der Waals surface area (Å²) in [6.45, 7) is 0. The lowest BCUT2D eigenvalue weighted by molar-refractivity contribution is -0.154. The Morgan fingerprint density at radius 3 is 2.27 bits per heavy atom. The number of alkyl halides is 1. The average Bonchev–Trinajstić information content (AvgIpc) is 3.33. The van der Waals surface area contributed by atoms with Crippen LogP contribution in [0.4, 0.5) is 0 Å². The molecule has 2 amide bonds. The van der Waals surface area contributed by atoms with Crippen molar-refractivity contribution in [2.45, 2.75) is 62.6 Å². The highest BCUT2D eigenvalue weighted by atomic mass is 35.5. The molecule has 40 heavy (non-hydrogen) atoms. The maximum atomic E-state index is 13.5. The third kappa shape index (κ3) is 4.12. The summed E-state index contributed by atoms with van der Waals surface area (Å²) in [5, 5.41) is 4.47. The van der Waals surface area contributed by atoms with Crippen molar-refractivity contribution in [1.82, 2.24) is 15.2 Å². The van der Waals surface area contributed by atoms with Crippen LogP contribution < -0.4 is 5.32 Å². The molecule has 2 unspecified atom stereocenters. The zero-order chi connectivity index (χ0) is 27.6. The Hall–Kier alpha value is -3.32. The molecule has 8 rings (SSSR count). The van der Waals surface area contributed by atoms with Gasteiger partial charge in [0.05, 0.1) is 13.2 Å².